The van der Waals surface area contributed by atoms with Gasteiger partial charge in [-0.3, -0.25) is 0 Å². The second-order valence-electron chi connectivity index (χ2n) is 3.50. The molecular weight excluding hydrogens is 327 g/mol. The molecule has 0 unspecified atom stereocenters. The third-order valence-electron chi connectivity index (χ3n) is 2.27. The molecule has 0 aromatic heterocycles. The van der Waals surface area contributed by atoms with E-state index in [4.69, 9.17) is 23.2 Å². The van der Waals surface area contributed by atoms with Crippen LogP contribution in [0.25, 0.3) is 0 Å². The highest BCUT2D eigenvalue weighted by Crippen LogP contribution is 2.30. The topological polar surface area (TPSA) is 23.1 Å². The largest absolute Gasteiger partial charge is 0.606 e. The first kappa shape index (κ1) is 14.4. The van der Waals surface area contributed by atoms with Crippen LogP contribution in [0, 0.1) is 0 Å². The Morgan fingerprint density at radius 1 is 0.833 bits per heavy atom. The van der Waals surface area contributed by atoms with Gasteiger partial charge in [-0.25, -0.2) is 0 Å². The Labute approximate surface area is 129 Å². The van der Waals surface area contributed by atoms with Gasteiger partial charge in [-0.2, -0.15) is 0 Å². The maximum atomic E-state index is 12.3. The lowest BCUT2D eigenvalue weighted by Crippen LogP contribution is -2.02. The summed E-state index contributed by atoms with van der Waals surface area (Å²) in [6.45, 7) is 0. The van der Waals surface area contributed by atoms with Gasteiger partial charge in [-0.05, 0) is 24.3 Å². The molecule has 0 N–H and O–H groups in total. The van der Waals surface area contributed by atoms with Crippen LogP contribution in [0.2, 0.25) is 10.0 Å². The van der Waals surface area contributed by atoms with E-state index in [-0.39, 0.29) is 0 Å². The van der Waals surface area contributed by atoms with E-state index in [1.807, 2.05) is 0 Å². The average molecular weight is 335 g/mol. The van der Waals surface area contributed by atoms with Crippen molar-refractivity contribution in [2.24, 2.45) is 0 Å². The Hall–Kier alpha value is 0.0300. The molecular formula is C12H8Cl2OS3. The lowest BCUT2D eigenvalue weighted by atomic mass is 10.3. The summed E-state index contributed by atoms with van der Waals surface area (Å²) in [5.41, 5.74) is 0. The first-order valence-electron chi connectivity index (χ1n) is 4.88. The van der Waals surface area contributed by atoms with Crippen molar-refractivity contribution in [1.82, 2.24) is 0 Å². The Kier molecular flexibility index (Phi) is 4.80. The maximum Gasteiger partial charge on any atom is 0.160 e. The highest BCUT2D eigenvalue weighted by Gasteiger charge is 2.17. The van der Waals surface area contributed by atoms with Crippen molar-refractivity contribution in [3.05, 3.63) is 46.4 Å². The van der Waals surface area contributed by atoms with E-state index in [9.17, 15) is 4.55 Å². The number of benzene rings is 2. The van der Waals surface area contributed by atoms with Gasteiger partial charge < -0.3 is 4.55 Å². The molecule has 2 aromatic carbocycles. The number of hydrogen-bond acceptors (Lipinski definition) is 3. The standard InChI is InChI=1S/C12H8Cl2OS3/c13-9-5-7(1-3-11(9)16)18(15)8-2-4-12(17)10(14)6-8/h1-6,16-17H. The molecule has 0 bridgehead atoms. The Balaban J connectivity index is 2.37. The minimum Gasteiger partial charge on any atom is -0.606 e. The molecule has 0 radical (unpaired) electrons. The number of rotatable bonds is 2. The number of thiol groups is 2. The first-order chi connectivity index (χ1) is 8.49. The summed E-state index contributed by atoms with van der Waals surface area (Å²) in [6, 6.07) is 10.2. The highest BCUT2D eigenvalue weighted by atomic mass is 35.5. The van der Waals surface area contributed by atoms with E-state index >= 15 is 0 Å². The van der Waals surface area contributed by atoms with Gasteiger partial charge in [-0.1, -0.05) is 23.2 Å². The molecule has 0 aliphatic carbocycles. The van der Waals surface area contributed by atoms with Crippen LogP contribution >= 0.6 is 48.5 Å². The Morgan fingerprint density at radius 3 is 1.56 bits per heavy atom. The zero-order chi connectivity index (χ0) is 13.3. The molecule has 0 aliphatic heterocycles. The van der Waals surface area contributed by atoms with Crippen LogP contribution in [0.1, 0.15) is 0 Å². The molecule has 0 saturated heterocycles. The van der Waals surface area contributed by atoms with Gasteiger partial charge in [0.05, 0.1) is 10.0 Å². The molecule has 18 heavy (non-hydrogen) atoms. The monoisotopic (exact) mass is 334 g/mol. The third kappa shape index (κ3) is 3.13. The lowest BCUT2D eigenvalue weighted by Gasteiger charge is -2.11. The van der Waals surface area contributed by atoms with Crippen LogP contribution in [-0.2, 0) is 11.2 Å². The van der Waals surface area contributed by atoms with Crippen molar-refractivity contribution >= 4 is 59.6 Å². The fourth-order valence-electron chi connectivity index (χ4n) is 1.34. The average Bonchev–Trinajstić information content (AvgIpc) is 2.35. The van der Waals surface area contributed by atoms with Crippen LogP contribution in [0.4, 0.5) is 0 Å². The van der Waals surface area contributed by atoms with Crippen LogP contribution in [0.15, 0.2) is 56.0 Å². The predicted molar refractivity (Wildman–Crippen MR) is 82.1 cm³/mol. The zero-order valence-electron chi connectivity index (χ0n) is 8.93. The minimum absolute atomic E-state index is 0.473. The van der Waals surface area contributed by atoms with Crippen LogP contribution in [0.5, 0.6) is 0 Å². The lowest BCUT2D eigenvalue weighted by molar-refractivity contribution is 0.595. The second-order valence-corrected chi connectivity index (χ2v) is 6.75. The van der Waals surface area contributed by atoms with Gasteiger partial charge in [0.25, 0.3) is 0 Å². The summed E-state index contributed by atoms with van der Waals surface area (Å²) < 4.78 is 12.3. The van der Waals surface area contributed by atoms with E-state index in [0.29, 0.717) is 29.6 Å². The predicted octanol–water partition coefficient (Wildman–Crippen LogP) is 4.74. The Bertz CT molecular complexity index is 538. The first-order valence-corrected chi connectivity index (χ1v) is 7.68. The van der Waals surface area contributed by atoms with E-state index in [2.05, 4.69) is 25.3 Å². The summed E-state index contributed by atoms with van der Waals surface area (Å²) in [7, 11) is 0. The van der Waals surface area contributed by atoms with Crippen LogP contribution in [0.3, 0.4) is 0 Å². The SMILES string of the molecule is [O-][S+](c1ccc(S)c(Cl)c1)c1ccc(S)c(Cl)c1. The highest BCUT2D eigenvalue weighted by molar-refractivity contribution is 7.91. The molecule has 0 saturated carbocycles. The van der Waals surface area contributed by atoms with E-state index in [1.54, 1.807) is 36.4 Å². The molecule has 94 valence electrons. The minimum atomic E-state index is -1.32. The number of hydrogen-bond donors (Lipinski definition) is 2. The van der Waals surface area contributed by atoms with Crippen LogP contribution in [-0.4, -0.2) is 4.55 Å². The molecule has 6 heteroatoms. The molecule has 2 aromatic rings. The van der Waals surface area contributed by atoms with Crippen molar-refractivity contribution in [2.45, 2.75) is 19.6 Å². The van der Waals surface area contributed by atoms with E-state index in [0.717, 1.165) is 0 Å². The maximum absolute atomic E-state index is 12.3. The van der Waals surface area contributed by atoms with Gasteiger partial charge in [0, 0.05) is 33.1 Å². The van der Waals surface area contributed by atoms with E-state index in [1.165, 1.54) is 0 Å². The Morgan fingerprint density at radius 2 is 1.22 bits per heavy atom. The fourth-order valence-corrected chi connectivity index (χ4v) is 3.22. The van der Waals surface area contributed by atoms with E-state index < -0.39 is 11.2 Å². The van der Waals surface area contributed by atoms with Crippen molar-refractivity contribution < 1.29 is 4.55 Å². The molecule has 0 spiro atoms. The molecule has 0 amide bonds. The molecule has 1 nitrogen and oxygen atoms in total. The van der Waals surface area contributed by atoms with Gasteiger partial charge >= 0.3 is 0 Å². The van der Waals surface area contributed by atoms with Crippen molar-refractivity contribution in [1.29, 1.82) is 0 Å². The molecule has 0 heterocycles. The third-order valence-corrected chi connectivity index (χ3v) is 5.30. The fraction of sp³-hybridized carbons (Fsp3) is 0. The summed E-state index contributed by atoms with van der Waals surface area (Å²) >= 11 is 18.9. The summed E-state index contributed by atoms with van der Waals surface area (Å²) in [4.78, 5) is 2.53. The quantitative estimate of drug-likeness (QED) is 0.601. The molecule has 2 rings (SSSR count). The smallest absolute Gasteiger partial charge is 0.160 e. The van der Waals surface area contributed by atoms with Crippen LogP contribution < -0.4 is 0 Å². The zero-order valence-corrected chi connectivity index (χ0v) is 13.0. The van der Waals surface area contributed by atoms with Crippen molar-refractivity contribution in [3.8, 4) is 0 Å². The molecule has 0 atom stereocenters. The van der Waals surface area contributed by atoms with Crippen molar-refractivity contribution in [2.75, 3.05) is 0 Å². The van der Waals surface area contributed by atoms with Gasteiger partial charge in [0.15, 0.2) is 9.79 Å². The van der Waals surface area contributed by atoms with Crippen molar-refractivity contribution in [3.63, 3.8) is 0 Å². The summed E-state index contributed by atoms with van der Waals surface area (Å²) in [6.07, 6.45) is 0. The number of halogens is 2. The molecule has 0 aliphatic rings. The second kappa shape index (κ2) is 5.99. The van der Waals surface area contributed by atoms with Gasteiger partial charge in [0.2, 0.25) is 0 Å². The summed E-state index contributed by atoms with van der Waals surface area (Å²) in [5.74, 6) is 0. The normalized spacial score (nSPS) is 11.0. The van der Waals surface area contributed by atoms with Gasteiger partial charge in [-0.15, -0.1) is 25.3 Å². The van der Waals surface area contributed by atoms with Gasteiger partial charge in [0.1, 0.15) is 0 Å². The summed E-state index contributed by atoms with van der Waals surface area (Å²) in [5, 5.41) is 0.946. The molecule has 0 fully saturated rings.